The molecule has 1 saturated carbocycles. The number of hydrogen-bond acceptors (Lipinski definition) is 3. The van der Waals surface area contributed by atoms with E-state index in [1.165, 1.54) is 12.1 Å². The summed E-state index contributed by atoms with van der Waals surface area (Å²) in [6, 6.07) is 10.9. The minimum atomic E-state index is -0.338. The van der Waals surface area contributed by atoms with E-state index in [0.717, 1.165) is 53.7 Å². The zero-order valence-electron chi connectivity index (χ0n) is 18.0. The molecule has 0 bridgehead atoms. The van der Waals surface area contributed by atoms with Crippen LogP contribution in [0.1, 0.15) is 50.5 Å². The summed E-state index contributed by atoms with van der Waals surface area (Å²) in [6.45, 7) is 5.97. The highest BCUT2D eigenvalue weighted by Crippen LogP contribution is 2.36. The average Bonchev–Trinajstić information content (AvgIpc) is 3.47. The summed E-state index contributed by atoms with van der Waals surface area (Å²) in [5.41, 5.74) is 10.1. The van der Waals surface area contributed by atoms with Gasteiger partial charge in [-0.25, -0.2) is 14.2 Å². The smallest absolute Gasteiger partial charge is 0.326 e. The third kappa shape index (κ3) is 3.57. The first-order chi connectivity index (χ1) is 15.0. The Balaban J connectivity index is 1.66. The number of nitrogens with zero attached hydrogens (tertiary/aromatic N) is 4. The van der Waals surface area contributed by atoms with E-state index in [-0.39, 0.29) is 17.5 Å². The number of halogens is 1. The van der Waals surface area contributed by atoms with Crippen molar-refractivity contribution in [3.8, 4) is 0 Å². The molecule has 0 unspecified atom stereocenters. The number of fused-ring (bicyclic) bond motifs is 2. The second kappa shape index (κ2) is 7.64. The molecular formula is C24H28FN5O. The molecule has 1 aliphatic rings. The predicted molar refractivity (Wildman–Crippen MR) is 121 cm³/mol. The summed E-state index contributed by atoms with van der Waals surface area (Å²) < 4.78 is 19.8. The van der Waals surface area contributed by atoms with Crippen LogP contribution < -0.4 is 11.4 Å². The van der Waals surface area contributed by atoms with Crippen LogP contribution in [0.2, 0.25) is 0 Å². The van der Waals surface area contributed by atoms with E-state index in [9.17, 15) is 9.18 Å². The van der Waals surface area contributed by atoms with Gasteiger partial charge in [0.15, 0.2) is 0 Å². The number of benzene rings is 2. The Hall–Kier alpha value is -2.93. The number of aryl methyl sites for hydroxylation is 1. The molecule has 2 N–H and O–H groups in total. The lowest BCUT2D eigenvalue weighted by molar-refractivity contribution is 0.506. The van der Waals surface area contributed by atoms with E-state index in [1.54, 1.807) is 10.6 Å². The number of aromatic nitrogens is 4. The first-order valence-corrected chi connectivity index (χ1v) is 11.0. The minimum absolute atomic E-state index is 0.0896. The molecule has 1 fully saturated rings. The maximum atomic E-state index is 14.1. The summed E-state index contributed by atoms with van der Waals surface area (Å²) in [5, 5.41) is 0. The molecule has 2 aromatic heterocycles. The van der Waals surface area contributed by atoms with Gasteiger partial charge >= 0.3 is 5.69 Å². The number of hydrogen-bond donors (Lipinski definition) is 1. The molecule has 5 rings (SSSR count). The molecule has 162 valence electrons. The molecule has 31 heavy (non-hydrogen) atoms. The molecule has 1 aliphatic carbocycles. The maximum Gasteiger partial charge on any atom is 0.329 e. The van der Waals surface area contributed by atoms with Crippen molar-refractivity contribution in [1.29, 1.82) is 0 Å². The van der Waals surface area contributed by atoms with Crippen LogP contribution in [0.15, 0.2) is 41.2 Å². The molecule has 2 heterocycles. The van der Waals surface area contributed by atoms with Crippen molar-refractivity contribution in [3.63, 3.8) is 0 Å². The molecule has 0 aliphatic heterocycles. The van der Waals surface area contributed by atoms with E-state index in [4.69, 9.17) is 10.7 Å². The first kappa shape index (κ1) is 20.0. The van der Waals surface area contributed by atoms with Gasteiger partial charge in [0.05, 0.1) is 28.6 Å². The van der Waals surface area contributed by atoms with E-state index in [1.807, 2.05) is 16.7 Å². The van der Waals surface area contributed by atoms with Gasteiger partial charge in [0.2, 0.25) is 0 Å². The van der Waals surface area contributed by atoms with Crippen molar-refractivity contribution in [3.05, 3.63) is 64.1 Å². The molecular weight excluding hydrogens is 393 g/mol. The van der Waals surface area contributed by atoms with Crippen LogP contribution in [0.3, 0.4) is 0 Å². The Labute approximate surface area is 180 Å². The minimum Gasteiger partial charge on any atom is -0.326 e. The zero-order chi connectivity index (χ0) is 21.7. The predicted octanol–water partition coefficient (Wildman–Crippen LogP) is 4.18. The third-order valence-electron chi connectivity index (χ3n) is 6.19. The zero-order valence-corrected chi connectivity index (χ0v) is 18.0. The van der Waals surface area contributed by atoms with Crippen LogP contribution in [0.25, 0.3) is 22.1 Å². The van der Waals surface area contributed by atoms with Crippen molar-refractivity contribution in [2.75, 3.05) is 0 Å². The topological polar surface area (TPSA) is 70.8 Å². The monoisotopic (exact) mass is 421 g/mol. The maximum absolute atomic E-state index is 14.1. The highest BCUT2D eigenvalue weighted by atomic mass is 19.1. The van der Waals surface area contributed by atoms with Crippen molar-refractivity contribution < 1.29 is 4.39 Å². The van der Waals surface area contributed by atoms with Gasteiger partial charge in [0, 0.05) is 19.1 Å². The molecule has 2 aromatic carbocycles. The van der Waals surface area contributed by atoms with Crippen molar-refractivity contribution in [2.45, 2.75) is 58.8 Å². The van der Waals surface area contributed by atoms with Gasteiger partial charge in [0.25, 0.3) is 0 Å². The van der Waals surface area contributed by atoms with Gasteiger partial charge < -0.3 is 10.3 Å². The molecule has 0 saturated heterocycles. The standard InChI is InChI=1S/C24H28FN5O/c1-15(2)9-10-28-20-7-3-16(13-26)11-19(20)27-23(28)14-29-22-12-17(25)4-8-21(22)30(24(29)31)18-5-6-18/h3-4,7-8,11-12,15,18H,5-6,9-10,13-14,26H2,1-2H3. The lowest BCUT2D eigenvalue weighted by Gasteiger charge is -2.12. The molecule has 4 aromatic rings. The summed E-state index contributed by atoms with van der Waals surface area (Å²) in [5.74, 6) is 1.02. The Kier molecular flexibility index (Phi) is 4.93. The lowest BCUT2D eigenvalue weighted by atomic mass is 10.1. The Morgan fingerprint density at radius 3 is 2.58 bits per heavy atom. The van der Waals surface area contributed by atoms with Crippen molar-refractivity contribution in [1.82, 2.24) is 18.7 Å². The number of rotatable bonds is 7. The highest BCUT2D eigenvalue weighted by Gasteiger charge is 2.29. The van der Waals surface area contributed by atoms with E-state index in [0.29, 0.717) is 24.5 Å². The Morgan fingerprint density at radius 2 is 1.87 bits per heavy atom. The summed E-state index contributed by atoms with van der Waals surface area (Å²) in [7, 11) is 0. The first-order valence-electron chi connectivity index (χ1n) is 11.0. The SMILES string of the molecule is CC(C)CCn1c(Cn2c(=O)n(C3CC3)c3ccc(F)cc32)nc2cc(CN)ccc21. The van der Waals surface area contributed by atoms with Gasteiger partial charge in [-0.2, -0.15) is 0 Å². The number of imidazole rings is 2. The fraction of sp³-hybridized carbons (Fsp3) is 0.417. The fourth-order valence-electron chi connectivity index (χ4n) is 4.34. The fourth-order valence-corrected chi connectivity index (χ4v) is 4.34. The van der Waals surface area contributed by atoms with E-state index < -0.39 is 0 Å². The summed E-state index contributed by atoms with van der Waals surface area (Å²) in [6.07, 6.45) is 2.99. The van der Waals surface area contributed by atoms with Crippen LogP contribution >= 0.6 is 0 Å². The third-order valence-corrected chi connectivity index (χ3v) is 6.19. The largest absolute Gasteiger partial charge is 0.329 e. The Morgan fingerprint density at radius 1 is 1.10 bits per heavy atom. The molecule has 7 heteroatoms. The van der Waals surface area contributed by atoms with Gasteiger partial charge in [-0.1, -0.05) is 19.9 Å². The second-order valence-corrected chi connectivity index (χ2v) is 8.99. The lowest BCUT2D eigenvalue weighted by Crippen LogP contribution is -2.25. The van der Waals surface area contributed by atoms with Gasteiger partial charge in [-0.15, -0.1) is 0 Å². The number of nitrogens with two attached hydrogens (primary N) is 1. The van der Waals surface area contributed by atoms with Crippen LogP contribution in [0.5, 0.6) is 0 Å². The van der Waals surface area contributed by atoms with Crippen LogP contribution in [0.4, 0.5) is 4.39 Å². The van der Waals surface area contributed by atoms with Crippen LogP contribution in [0, 0.1) is 11.7 Å². The Bertz CT molecular complexity index is 1330. The van der Waals surface area contributed by atoms with Gasteiger partial charge in [0.1, 0.15) is 11.6 Å². The molecule has 0 spiro atoms. The van der Waals surface area contributed by atoms with E-state index >= 15 is 0 Å². The average molecular weight is 422 g/mol. The van der Waals surface area contributed by atoms with E-state index in [2.05, 4.69) is 24.5 Å². The highest BCUT2D eigenvalue weighted by molar-refractivity contribution is 5.78. The van der Waals surface area contributed by atoms with Gasteiger partial charge in [-0.05, 0) is 61.1 Å². The summed E-state index contributed by atoms with van der Waals surface area (Å²) >= 11 is 0. The van der Waals surface area contributed by atoms with Crippen molar-refractivity contribution >= 4 is 22.1 Å². The van der Waals surface area contributed by atoms with Crippen molar-refractivity contribution in [2.24, 2.45) is 11.7 Å². The van der Waals surface area contributed by atoms with Crippen LogP contribution in [-0.2, 0) is 19.6 Å². The quantitative estimate of drug-likeness (QED) is 0.487. The normalized spacial score (nSPS) is 14.4. The molecule has 0 amide bonds. The van der Waals surface area contributed by atoms with Gasteiger partial charge in [-0.3, -0.25) is 9.13 Å². The second-order valence-electron chi connectivity index (χ2n) is 8.99. The molecule has 0 atom stereocenters. The molecule has 6 nitrogen and oxygen atoms in total. The summed E-state index contributed by atoms with van der Waals surface area (Å²) in [4.78, 5) is 18.2. The molecule has 0 radical (unpaired) electrons. The van der Waals surface area contributed by atoms with Crippen LogP contribution in [-0.4, -0.2) is 18.7 Å².